The first-order valence-corrected chi connectivity index (χ1v) is 5.38. The van der Waals surface area contributed by atoms with Gasteiger partial charge in [0.1, 0.15) is 0 Å². The Balaban J connectivity index is 2.11. The molecule has 1 saturated heterocycles. The quantitative estimate of drug-likeness (QED) is 0.808. The molecule has 0 aliphatic carbocycles. The first kappa shape index (κ1) is 10.7. The van der Waals surface area contributed by atoms with E-state index < -0.39 is 0 Å². The van der Waals surface area contributed by atoms with Crippen LogP contribution >= 0.6 is 0 Å². The van der Waals surface area contributed by atoms with E-state index in [9.17, 15) is 0 Å². The first-order valence-electron chi connectivity index (χ1n) is 5.38. The van der Waals surface area contributed by atoms with E-state index in [-0.39, 0.29) is 6.04 Å². The molecule has 1 fully saturated rings. The topological polar surface area (TPSA) is 51.6 Å². The van der Waals surface area contributed by atoms with E-state index in [0.717, 1.165) is 25.3 Å². The Morgan fingerprint density at radius 1 is 1.67 bits per heavy atom. The van der Waals surface area contributed by atoms with Crippen LogP contribution in [0.2, 0.25) is 0 Å². The van der Waals surface area contributed by atoms with E-state index in [1.165, 1.54) is 0 Å². The maximum absolute atomic E-state index is 5.83. The number of hydrogen-bond donors (Lipinski definition) is 1. The van der Waals surface area contributed by atoms with Gasteiger partial charge in [0.15, 0.2) is 0 Å². The smallest absolute Gasteiger partial charge is 0.0950 e. The summed E-state index contributed by atoms with van der Waals surface area (Å²) < 4.78 is 10.5. The third-order valence-corrected chi connectivity index (χ3v) is 2.97. The zero-order chi connectivity index (χ0) is 10.7. The number of nitrogens with zero attached hydrogens (tertiary/aromatic N) is 1. The Morgan fingerprint density at radius 2 is 2.53 bits per heavy atom. The van der Waals surface area contributed by atoms with Crippen molar-refractivity contribution in [3.8, 4) is 0 Å². The van der Waals surface area contributed by atoms with Gasteiger partial charge in [-0.25, -0.2) is 0 Å². The van der Waals surface area contributed by atoms with Crippen molar-refractivity contribution in [2.24, 2.45) is 5.73 Å². The predicted octanol–water partition coefficient (Wildman–Crippen LogP) is 1.00. The molecule has 2 heterocycles. The number of morpholine rings is 1. The highest BCUT2D eigenvalue weighted by Crippen LogP contribution is 2.23. The molecule has 15 heavy (non-hydrogen) atoms. The van der Waals surface area contributed by atoms with Gasteiger partial charge >= 0.3 is 0 Å². The van der Waals surface area contributed by atoms with Crippen LogP contribution in [0.5, 0.6) is 0 Å². The molecule has 0 saturated carbocycles. The molecule has 1 aromatic heterocycles. The van der Waals surface area contributed by atoms with Gasteiger partial charge in [-0.2, -0.15) is 0 Å². The van der Waals surface area contributed by atoms with Crippen molar-refractivity contribution in [3.63, 3.8) is 0 Å². The normalized spacial score (nSPS) is 25.3. The van der Waals surface area contributed by atoms with Crippen LogP contribution in [0.15, 0.2) is 23.0 Å². The summed E-state index contributed by atoms with van der Waals surface area (Å²) in [6, 6.07) is 2.66. The Hall–Kier alpha value is -0.840. The summed E-state index contributed by atoms with van der Waals surface area (Å²) in [5.74, 6) is 0. The van der Waals surface area contributed by atoms with Crippen molar-refractivity contribution in [1.29, 1.82) is 0 Å². The number of ether oxygens (including phenoxy) is 1. The molecule has 0 aromatic carbocycles. The fourth-order valence-electron chi connectivity index (χ4n) is 2.13. The van der Waals surface area contributed by atoms with Crippen LogP contribution in [0.25, 0.3) is 0 Å². The summed E-state index contributed by atoms with van der Waals surface area (Å²) >= 11 is 0. The molecule has 0 radical (unpaired) electrons. The number of hydrogen-bond acceptors (Lipinski definition) is 4. The summed E-state index contributed by atoms with van der Waals surface area (Å²) in [6.07, 6.45) is 3.48. The van der Waals surface area contributed by atoms with E-state index in [1.54, 1.807) is 12.5 Å². The highest BCUT2D eigenvalue weighted by molar-refractivity contribution is 5.13. The van der Waals surface area contributed by atoms with Gasteiger partial charge in [-0.3, -0.25) is 4.90 Å². The summed E-state index contributed by atoms with van der Waals surface area (Å²) in [5.41, 5.74) is 6.99. The van der Waals surface area contributed by atoms with E-state index in [0.29, 0.717) is 12.6 Å². The maximum atomic E-state index is 5.83. The van der Waals surface area contributed by atoms with Crippen molar-refractivity contribution in [2.75, 3.05) is 26.3 Å². The van der Waals surface area contributed by atoms with E-state index in [1.807, 2.05) is 6.07 Å². The molecule has 4 nitrogen and oxygen atoms in total. The highest BCUT2D eigenvalue weighted by Gasteiger charge is 2.27. The van der Waals surface area contributed by atoms with Crippen LogP contribution in [0.3, 0.4) is 0 Å². The van der Waals surface area contributed by atoms with Gasteiger partial charge in [0.05, 0.1) is 31.8 Å². The number of nitrogens with two attached hydrogens (primary N) is 1. The summed E-state index contributed by atoms with van der Waals surface area (Å²) in [4.78, 5) is 2.38. The second-order valence-electron chi connectivity index (χ2n) is 3.97. The average molecular weight is 210 g/mol. The molecule has 0 bridgehead atoms. The van der Waals surface area contributed by atoms with Gasteiger partial charge in [0.2, 0.25) is 0 Å². The first-order chi connectivity index (χ1) is 7.33. The van der Waals surface area contributed by atoms with E-state index >= 15 is 0 Å². The van der Waals surface area contributed by atoms with Crippen molar-refractivity contribution >= 4 is 0 Å². The Kier molecular flexibility index (Phi) is 3.41. The van der Waals surface area contributed by atoms with E-state index in [4.69, 9.17) is 14.9 Å². The third kappa shape index (κ3) is 2.22. The molecular formula is C11H18N2O2. The maximum Gasteiger partial charge on any atom is 0.0950 e. The van der Waals surface area contributed by atoms with Crippen LogP contribution in [-0.4, -0.2) is 37.2 Å². The molecule has 2 N–H and O–H groups in total. The SMILES string of the molecule is CC1COCCN1C(CN)c1ccoc1. The second-order valence-corrected chi connectivity index (χ2v) is 3.97. The zero-order valence-electron chi connectivity index (χ0n) is 9.06. The fraction of sp³-hybridized carbons (Fsp3) is 0.636. The third-order valence-electron chi connectivity index (χ3n) is 2.97. The lowest BCUT2D eigenvalue weighted by atomic mass is 10.1. The molecule has 2 rings (SSSR count). The van der Waals surface area contributed by atoms with Gasteiger partial charge in [-0.15, -0.1) is 0 Å². The number of furan rings is 1. The van der Waals surface area contributed by atoms with Gasteiger partial charge in [0, 0.05) is 24.7 Å². The molecular weight excluding hydrogens is 192 g/mol. The van der Waals surface area contributed by atoms with Gasteiger partial charge in [-0.05, 0) is 13.0 Å². The molecule has 0 spiro atoms. The van der Waals surface area contributed by atoms with Gasteiger partial charge < -0.3 is 14.9 Å². The van der Waals surface area contributed by atoms with Crippen LogP contribution in [-0.2, 0) is 4.74 Å². The van der Waals surface area contributed by atoms with Crippen LogP contribution in [0, 0.1) is 0 Å². The zero-order valence-corrected chi connectivity index (χ0v) is 9.06. The predicted molar refractivity (Wildman–Crippen MR) is 57.5 cm³/mol. The van der Waals surface area contributed by atoms with Crippen LogP contribution < -0.4 is 5.73 Å². The fourth-order valence-corrected chi connectivity index (χ4v) is 2.13. The summed E-state index contributed by atoms with van der Waals surface area (Å²) in [7, 11) is 0. The second kappa shape index (κ2) is 4.79. The van der Waals surface area contributed by atoms with Crippen molar-refractivity contribution in [2.45, 2.75) is 19.0 Å². The highest BCUT2D eigenvalue weighted by atomic mass is 16.5. The minimum absolute atomic E-state index is 0.252. The standard InChI is InChI=1S/C11H18N2O2/c1-9-7-15-5-3-13(9)11(6-12)10-2-4-14-8-10/h2,4,8-9,11H,3,5-7,12H2,1H3. The minimum Gasteiger partial charge on any atom is -0.472 e. The molecule has 84 valence electrons. The molecule has 0 amide bonds. The van der Waals surface area contributed by atoms with Crippen LogP contribution in [0.4, 0.5) is 0 Å². The Morgan fingerprint density at radius 3 is 3.13 bits per heavy atom. The minimum atomic E-state index is 0.252. The van der Waals surface area contributed by atoms with Gasteiger partial charge in [-0.1, -0.05) is 0 Å². The van der Waals surface area contributed by atoms with Gasteiger partial charge in [0.25, 0.3) is 0 Å². The Labute approximate surface area is 90.0 Å². The van der Waals surface area contributed by atoms with E-state index in [2.05, 4.69) is 11.8 Å². The largest absolute Gasteiger partial charge is 0.472 e. The lowest BCUT2D eigenvalue weighted by molar-refractivity contribution is -0.0210. The molecule has 2 atom stereocenters. The lowest BCUT2D eigenvalue weighted by Crippen LogP contribution is -2.47. The molecule has 4 heteroatoms. The summed E-state index contributed by atoms with van der Waals surface area (Å²) in [6.45, 7) is 5.30. The van der Waals surface area contributed by atoms with Crippen molar-refractivity contribution in [1.82, 2.24) is 4.90 Å². The van der Waals surface area contributed by atoms with Crippen LogP contribution in [0.1, 0.15) is 18.5 Å². The Bertz CT molecular complexity index is 287. The van der Waals surface area contributed by atoms with Crippen molar-refractivity contribution in [3.05, 3.63) is 24.2 Å². The number of rotatable bonds is 3. The average Bonchev–Trinajstić information content (AvgIpc) is 2.75. The van der Waals surface area contributed by atoms with Crippen molar-refractivity contribution < 1.29 is 9.15 Å². The molecule has 1 aliphatic rings. The molecule has 2 unspecified atom stereocenters. The summed E-state index contributed by atoms with van der Waals surface area (Å²) in [5, 5.41) is 0. The molecule has 1 aliphatic heterocycles. The lowest BCUT2D eigenvalue weighted by Gasteiger charge is -2.38. The molecule has 1 aromatic rings. The monoisotopic (exact) mass is 210 g/mol.